The van der Waals surface area contributed by atoms with Gasteiger partial charge in [-0.25, -0.2) is 14.8 Å². The Kier molecular flexibility index (Phi) is 6.64. The molecule has 2 N–H and O–H groups in total. The summed E-state index contributed by atoms with van der Waals surface area (Å²) < 4.78 is 10.3. The van der Waals surface area contributed by atoms with Crippen molar-refractivity contribution in [2.24, 2.45) is 0 Å². The second-order valence-corrected chi connectivity index (χ2v) is 9.78. The number of rotatable bonds is 8. The molecular weight excluding hydrogens is 480 g/mol. The number of pyridine rings is 1. The van der Waals surface area contributed by atoms with Crippen LogP contribution >= 0.6 is 11.3 Å². The number of hydrogen-bond acceptors (Lipinski definition) is 10. The Morgan fingerprint density at radius 2 is 2.00 bits per heavy atom. The van der Waals surface area contributed by atoms with Crippen LogP contribution in [0.3, 0.4) is 0 Å². The molecule has 3 aromatic heterocycles. The number of amides is 1. The number of ether oxygens (including phenoxy) is 1. The number of esters is 1. The van der Waals surface area contributed by atoms with Gasteiger partial charge in [0.25, 0.3) is 5.91 Å². The highest BCUT2D eigenvalue weighted by molar-refractivity contribution is 7.15. The van der Waals surface area contributed by atoms with Crippen LogP contribution in [0, 0.1) is 13.8 Å². The first-order valence-corrected chi connectivity index (χ1v) is 12.6. The minimum Gasteiger partial charge on any atom is -0.461 e. The van der Waals surface area contributed by atoms with Gasteiger partial charge in [0.15, 0.2) is 5.01 Å². The molecule has 0 atom stereocenters. The number of hydrogen-bond donors (Lipinski definition) is 2. The van der Waals surface area contributed by atoms with Crippen LogP contribution in [0.2, 0.25) is 0 Å². The maximum Gasteiger partial charge on any atom is 0.350 e. The number of nitrogens with one attached hydrogen (secondary N) is 2. The van der Waals surface area contributed by atoms with Crippen molar-refractivity contribution in [2.75, 3.05) is 11.9 Å². The van der Waals surface area contributed by atoms with Gasteiger partial charge >= 0.3 is 5.97 Å². The quantitative estimate of drug-likeness (QED) is 0.336. The van der Waals surface area contributed by atoms with Crippen LogP contribution in [0.15, 0.2) is 35.0 Å². The number of carbonyl (C=O) groups is 2. The third kappa shape index (κ3) is 4.92. The predicted molar refractivity (Wildman–Crippen MR) is 135 cm³/mol. The summed E-state index contributed by atoms with van der Waals surface area (Å²) in [7, 11) is 0. The number of anilines is 1. The van der Waals surface area contributed by atoms with E-state index in [0.717, 1.165) is 52.8 Å². The molecule has 0 aliphatic heterocycles. The Bertz CT molecular complexity index is 1430. The summed E-state index contributed by atoms with van der Waals surface area (Å²) >= 11 is 1.07. The lowest BCUT2D eigenvalue weighted by Gasteiger charge is -2.36. The fourth-order valence-electron chi connectivity index (χ4n) is 4.08. The molecule has 1 aliphatic rings. The lowest BCUT2D eigenvalue weighted by atomic mass is 9.86. The summed E-state index contributed by atoms with van der Waals surface area (Å²) in [6.07, 6.45) is 4.02. The minimum absolute atomic E-state index is 0.0162. The van der Waals surface area contributed by atoms with Crippen molar-refractivity contribution in [1.82, 2.24) is 25.4 Å². The first kappa shape index (κ1) is 23.9. The highest BCUT2D eigenvalue weighted by Crippen LogP contribution is 2.30. The molecule has 0 saturated heterocycles. The average molecular weight is 507 g/mol. The summed E-state index contributed by atoms with van der Waals surface area (Å²) in [5, 5.41) is 12.8. The third-order valence-corrected chi connectivity index (χ3v) is 7.12. The van der Waals surface area contributed by atoms with Gasteiger partial charge in [0.2, 0.25) is 11.7 Å². The molecule has 0 spiro atoms. The van der Waals surface area contributed by atoms with E-state index in [2.05, 4.69) is 30.7 Å². The van der Waals surface area contributed by atoms with Crippen molar-refractivity contribution in [3.8, 4) is 11.4 Å². The Morgan fingerprint density at radius 1 is 1.17 bits per heavy atom. The molecule has 4 aromatic rings. The normalized spacial score (nSPS) is 17.0. The third-order valence-electron chi connectivity index (χ3n) is 5.98. The lowest BCUT2D eigenvalue weighted by Crippen LogP contribution is -2.49. The van der Waals surface area contributed by atoms with Gasteiger partial charge in [-0.3, -0.25) is 4.79 Å². The summed E-state index contributed by atoms with van der Waals surface area (Å²) in [5.74, 6) is 1.12. The molecule has 10 nitrogen and oxygen atoms in total. The molecule has 1 aromatic carbocycles. The number of aryl methyl sites for hydroxylation is 2. The molecule has 1 amide bonds. The van der Waals surface area contributed by atoms with E-state index in [4.69, 9.17) is 9.26 Å². The Balaban J connectivity index is 1.21. The summed E-state index contributed by atoms with van der Waals surface area (Å²) in [6, 6.07) is 8.11. The monoisotopic (exact) mass is 506 g/mol. The second kappa shape index (κ2) is 10.0. The van der Waals surface area contributed by atoms with Gasteiger partial charge in [0, 0.05) is 36.2 Å². The molecule has 0 radical (unpaired) electrons. The Hall–Kier alpha value is -3.86. The van der Waals surface area contributed by atoms with E-state index in [-0.39, 0.29) is 23.0 Å². The SMILES string of the molecule is CCCOC(=O)c1sc(C(=O)NC2CC(Nc3nccc4ccc(-c5noc(C)n5)cc34)C2)nc1C. The van der Waals surface area contributed by atoms with Gasteiger partial charge in [0.05, 0.1) is 12.3 Å². The summed E-state index contributed by atoms with van der Waals surface area (Å²) in [4.78, 5) is 38.3. The molecule has 5 rings (SSSR count). The van der Waals surface area contributed by atoms with Gasteiger partial charge in [-0.1, -0.05) is 24.2 Å². The molecule has 1 aliphatic carbocycles. The lowest BCUT2D eigenvalue weighted by molar-refractivity contribution is 0.0509. The van der Waals surface area contributed by atoms with Crippen molar-refractivity contribution < 1.29 is 18.8 Å². The first-order chi connectivity index (χ1) is 17.4. The largest absolute Gasteiger partial charge is 0.461 e. The molecule has 11 heteroatoms. The van der Waals surface area contributed by atoms with E-state index in [1.165, 1.54) is 0 Å². The molecular formula is C25H26N6O4S. The van der Waals surface area contributed by atoms with Gasteiger partial charge in [-0.15, -0.1) is 11.3 Å². The maximum absolute atomic E-state index is 12.7. The van der Waals surface area contributed by atoms with Crippen LogP contribution in [-0.4, -0.2) is 50.7 Å². The molecule has 186 valence electrons. The molecule has 1 saturated carbocycles. The number of nitrogens with zero attached hydrogens (tertiary/aromatic N) is 4. The van der Waals surface area contributed by atoms with Crippen LogP contribution in [-0.2, 0) is 4.74 Å². The average Bonchev–Trinajstić information content (AvgIpc) is 3.46. The number of benzene rings is 1. The van der Waals surface area contributed by atoms with Crippen molar-refractivity contribution in [1.29, 1.82) is 0 Å². The van der Waals surface area contributed by atoms with Crippen molar-refractivity contribution in [3.63, 3.8) is 0 Å². The molecule has 0 unspecified atom stereocenters. The second-order valence-electron chi connectivity index (χ2n) is 8.78. The van der Waals surface area contributed by atoms with Crippen molar-refractivity contribution in [3.05, 3.63) is 51.9 Å². The minimum atomic E-state index is -0.431. The van der Waals surface area contributed by atoms with Gasteiger partial charge in [-0.2, -0.15) is 4.98 Å². The number of aromatic nitrogens is 4. The van der Waals surface area contributed by atoms with Crippen LogP contribution in [0.4, 0.5) is 5.82 Å². The van der Waals surface area contributed by atoms with Crippen molar-refractivity contribution >= 4 is 39.8 Å². The molecule has 3 heterocycles. The van der Waals surface area contributed by atoms with Crippen molar-refractivity contribution in [2.45, 2.75) is 52.1 Å². The van der Waals surface area contributed by atoms with Gasteiger partial charge in [-0.05, 0) is 43.7 Å². The van der Waals surface area contributed by atoms with Crippen LogP contribution in [0.1, 0.15) is 57.2 Å². The highest BCUT2D eigenvalue weighted by Gasteiger charge is 2.32. The van der Waals surface area contributed by atoms with E-state index >= 15 is 0 Å². The Labute approximate surface area is 211 Å². The highest BCUT2D eigenvalue weighted by atomic mass is 32.1. The topological polar surface area (TPSA) is 132 Å². The molecule has 0 bridgehead atoms. The zero-order chi connectivity index (χ0) is 25.2. The fourth-order valence-corrected chi connectivity index (χ4v) is 4.94. The first-order valence-electron chi connectivity index (χ1n) is 11.8. The van der Waals surface area contributed by atoms with Crippen LogP contribution < -0.4 is 10.6 Å². The summed E-state index contributed by atoms with van der Waals surface area (Å²) in [5.41, 5.74) is 1.36. The van der Waals surface area contributed by atoms with E-state index in [1.807, 2.05) is 31.2 Å². The maximum atomic E-state index is 12.7. The van der Waals surface area contributed by atoms with E-state index < -0.39 is 5.97 Å². The summed E-state index contributed by atoms with van der Waals surface area (Å²) in [6.45, 7) is 5.74. The molecule has 1 fully saturated rings. The zero-order valence-corrected chi connectivity index (χ0v) is 21.0. The van der Waals surface area contributed by atoms with E-state index in [1.54, 1.807) is 20.0 Å². The Morgan fingerprint density at radius 3 is 2.75 bits per heavy atom. The van der Waals surface area contributed by atoms with Crippen LogP contribution in [0.5, 0.6) is 0 Å². The molecule has 36 heavy (non-hydrogen) atoms. The fraction of sp³-hybridized carbons (Fsp3) is 0.360. The van der Waals surface area contributed by atoms with Crippen LogP contribution in [0.25, 0.3) is 22.2 Å². The zero-order valence-electron chi connectivity index (χ0n) is 20.2. The number of carbonyl (C=O) groups excluding carboxylic acids is 2. The number of fused-ring (bicyclic) bond motifs is 1. The van der Waals surface area contributed by atoms with E-state index in [9.17, 15) is 9.59 Å². The van der Waals surface area contributed by atoms with Gasteiger partial charge in [0.1, 0.15) is 10.7 Å². The smallest absolute Gasteiger partial charge is 0.350 e. The number of thiazole rings is 1. The van der Waals surface area contributed by atoms with Gasteiger partial charge < -0.3 is 19.9 Å². The van der Waals surface area contributed by atoms with E-state index in [0.29, 0.717) is 28.9 Å². The standard InChI is InChI=1S/C25H26N6O4S/c1-4-9-34-25(33)20-13(2)27-24(36-20)23(32)30-18-11-17(12-18)29-22-19-10-16(21-28-14(3)35-31-21)6-5-15(19)7-8-26-22/h5-8,10,17-18H,4,9,11-12H2,1-3H3,(H,26,29)(H,30,32). The predicted octanol–water partition coefficient (Wildman–Crippen LogP) is 4.30.